The Kier molecular flexibility index (Phi) is 3.64. The third kappa shape index (κ3) is 2.92. The Labute approximate surface area is 91.3 Å². The van der Waals surface area contributed by atoms with Gasteiger partial charge in [-0.25, -0.2) is 8.42 Å². The average Bonchev–Trinajstić information content (AvgIpc) is 2.77. The summed E-state index contributed by atoms with van der Waals surface area (Å²) in [7, 11) is -2.78. The van der Waals surface area contributed by atoms with Crippen molar-refractivity contribution in [1.29, 1.82) is 0 Å². The van der Waals surface area contributed by atoms with Crippen LogP contribution in [-0.2, 0) is 14.6 Å². The van der Waals surface area contributed by atoms with Crippen LogP contribution >= 0.6 is 0 Å². The first-order chi connectivity index (χ1) is 7.18. The molecular weight excluding hydrogens is 214 g/mol. The molecule has 0 radical (unpaired) electrons. The zero-order valence-electron chi connectivity index (χ0n) is 8.94. The molecule has 2 fully saturated rings. The van der Waals surface area contributed by atoms with Gasteiger partial charge in [0.25, 0.3) is 0 Å². The molecule has 88 valence electrons. The molecular formula is C10H19NO3S. The summed E-state index contributed by atoms with van der Waals surface area (Å²) in [6.07, 6.45) is 2.77. The lowest BCUT2D eigenvalue weighted by Gasteiger charge is -2.13. The van der Waals surface area contributed by atoms with E-state index in [1.165, 1.54) is 0 Å². The molecule has 0 aromatic heterocycles. The Morgan fingerprint density at radius 1 is 1.27 bits per heavy atom. The Morgan fingerprint density at radius 3 is 2.73 bits per heavy atom. The third-order valence-electron chi connectivity index (χ3n) is 3.29. The molecule has 0 aromatic carbocycles. The molecule has 2 unspecified atom stereocenters. The van der Waals surface area contributed by atoms with Crippen LogP contribution in [0.1, 0.15) is 19.3 Å². The number of ether oxygens (including phenoxy) is 1. The van der Waals surface area contributed by atoms with Gasteiger partial charge in [0.1, 0.15) is 0 Å². The molecule has 0 saturated carbocycles. The van der Waals surface area contributed by atoms with Crippen molar-refractivity contribution >= 4 is 9.84 Å². The van der Waals surface area contributed by atoms with Crippen LogP contribution in [0.15, 0.2) is 0 Å². The van der Waals surface area contributed by atoms with Crippen molar-refractivity contribution in [3.05, 3.63) is 0 Å². The Balaban J connectivity index is 1.69. The highest BCUT2D eigenvalue weighted by Crippen LogP contribution is 2.19. The molecule has 2 aliphatic rings. The molecule has 0 aliphatic carbocycles. The molecule has 1 N–H and O–H groups in total. The summed E-state index contributed by atoms with van der Waals surface area (Å²) < 4.78 is 28.3. The van der Waals surface area contributed by atoms with Crippen LogP contribution in [-0.4, -0.2) is 45.7 Å². The van der Waals surface area contributed by atoms with Gasteiger partial charge in [-0.3, -0.25) is 0 Å². The van der Waals surface area contributed by atoms with Gasteiger partial charge in [0.15, 0.2) is 9.84 Å². The van der Waals surface area contributed by atoms with Crippen LogP contribution in [0.2, 0.25) is 0 Å². The van der Waals surface area contributed by atoms with Gasteiger partial charge in [0.2, 0.25) is 0 Å². The molecule has 2 rings (SSSR count). The van der Waals surface area contributed by atoms with Crippen LogP contribution in [0.25, 0.3) is 0 Å². The van der Waals surface area contributed by atoms with Crippen LogP contribution in [0.3, 0.4) is 0 Å². The Morgan fingerprint density at radius 2 is 2.13 bits per heavy atom. The van der Waals surface area contributed by atoms with Crippen molar-refractivity contribution in [2.75, 3.05) is 32.1 Å². The Hall–Kier alpha value is -0.130. The number of rotatable bonds is 4. The second-order valence-electron chi connectivity index (χ2n) is 4.52. The summed E-state index contributed by atoms with van der Waals surface area (Å²) in [6.45, 7) is 3.20. The van der Waals surface area contributed by atoms with E-state index in [2.05, 4.69) is 5.32 Å². The molecule has 15 heavy (non-hydrogen) atoms. The van der Waals surface area contributed by atoms with Crippen molar-refractivity contribution < 1.29 is 13.2 Å². The van der Waals surface area contributed by atoms with Crippen LogP contribution in [0, 0.1) is 5.92 Å². The number of hydrogen-bond acceptors (Lipinski definition) is 4. The first kappa shape index (κ1) is 11.4. The van der Waals surface area contributed by atoms with Crippen molar-refractivity contribution in [3.8, 4) is 0 Å². The maximum atomic E-state index is 11.5. The van der Waals surface area contributed by atoms with Crippen LogP contribution < -0.4 is 5.32 Å². The van der Waals surface area contributed by atoms with E-state index in [0.29, 0.717) is 18.2 Å². The molecule has 5 heteroatoms. The van der Waals surface area contributed by atoms with E-state index in [9.17, 15) is 8.42 Å². The van der Waals surface area contributed by atoms with Gasteiger partial charge in [-0.1, -0.05) is 0 Å². The predicted octanol–water partition coefficient (Wildman–Crippen LogP) is 0.190. The topological polar surface area (TPSA) is 55.4 Å². The summed E-state index contributed by atoms with van der Waals surface area (Å²) in [6, 6.07) is 0. The average molecular weight is 233 g/mol. The lowest BCUT2D eigenvalue weighted by molar-refractivity contribution is 0.185. The van der Waals surface area contributed by atoms with Gasteiger partial charge in [-0.2, -0.15) is 0 Å². The SMILES string of the molecule is O=S1(=O)CCCC1CNCC1CCOC1. The highest BCUT2D eigenvalue weighted by molar-refractivity contribution is 7.92. The normalized spacial score (nSPS) is 34.7. The fourth-order valence-corrected chi connectivity index (χ4v) is 4.08. The maximum Gasteiger partial charge on any atom is 0.154 e. The Bertz CT molecular complexity index is 296. The van der Waals surface area contributed by atoms with Gasteiger partial charge in [0, 0.05) is 19.7 Å². The monoisotopic (exact) mass is 233 g/mol. The van der Waals surface area contributed by atoms with E-state index in [4.69, 9.17) is 4.74 Å². The molecule has 4 nitrogen and oxygen atoms in total. The third-order valence-corrected chi connectivity index (χ3v) is 5.57. The molecule has 2 heterocycles. The van der Waals surface area contributed by atoms with Crippen molar-refractivity contribution in [3.63, 3.8) is 0 Å². The zero-order valence-corrected chi connectivity index (χ0v) is 9.76. The highest BCUT2D eigenvalue weighted by Gasteiger charge is 2.30. The van der Waals surface area contributed by atoms with Crippen LogP contribution in [0.5, 0.6) is 0 Å². The van der Waals surface area contributed by atoms with E-state index in [1.807, 2.05) is 0 Å². The standard InChI is InChI=1S/C10H19NO3S/c12-15(13)5-1-2-10(15)7-11-6-9-3-4-14-8-9/h9-11H,1-8H2. The van der Waals surface area contributed by atoms with Crippen molar-refractivity contribution in [2.24, 2.45) is 5.92 Å². The van der Waals surface area contributed by atoms with Gasteiger partial charge in [-0.05, 0) is 25.2 Å². The summed E-state index contributed by atoms with van der Waals surface area (Å²) in [5.41, 5.74) is 0. The lowest BCUT2D eigenvalue weighted by Crippen LogP contribution is -2.33. The highest BCUT2D eigenvalue weighted by atomic mass is 32.2. The summed E-state index contributed by atoms with van der Waals surface area (Å²) in [5, 5.41) is 3.13. The minimum Gasteiger partial charge on any atom is -0.381 e. The summed E-state index contributed by atoms with van der Waals surface area (Å²) in [5.74, 6) is 0.959. The summed E-state index contributed by atoms with van der Waals surface area (Å²) >= 11 is 0. The molecule has 2 aliphatic heterocycles. The van der Waals surface area contributed by atoms with Crippen molar-refractivity contribution in [1.82, 2.24) is 5.32 Å². The fraction of sp³-hybridized carbons (Fsp3) is 1.00. The van der Waals surface area contributed by atoms with E-state index in [0.717, 1.165) is 39.0 Å². The van der Waals surface area contributed by atoms with Crippen LogP contribution in [0.4, 0.5) is 0 Å². The smallest absolute Gasteiger partial charge is 0.154 e. The van der Waals surface area contributed by atoms with Gasteiger partial charge >= 0.3 is 0 Å². The number of hydrogen-bond donors (Lipinski definition) is 1. The molecule has 0 bridgehead atoms. The predicted molar refractivity (Wildman–Crippen MR) is 58.6 cm³/mol. The first-order valence-electron chi connectivity index (χ1n) is 5.68. The van der Waals surface area contributed by atoms with Gasteiger partial charge in [0.05, 0.1) is 17.6 Å². The van der Waals surface area contributed by atoms with Gasteiger partial charge < -0.3 is 10.1 Å². The molecule has 0 aromatic rings. The molecule has 2 atom stereocenters. The molecule has 2 saturated heterocycles. The minimum atomic E-state index is -2.78. The number of nitrogens with one attached hydrogen (secondary N) is 1. The summed E-state index contributed by atoms with van der Waals surface area (Å²) in [4.78, 5) is 0. The zero-order chi connectivity index (χ0) is 10.7. The molecule has 0 amide bonds. The second-order valence-corrected chi connectivity index (χ2v) is 6.92. The lowest BCUT2D eigenvalue weighted by atomic mass is 10.1. The van der Waals surface area contributed by atoms with E-state index in [-0.39, 0.29) is 5.25 Å². The molecule has 0 spiro atoms. The largest absolute Gasteiger partial charge is 0.381 e. The van der Waals surface area contributed by atoms with Crippen molar-refractivity contribution in [2.45, 2.75) is 24.5 Å². The second kappa shape index (κ2) is 4.80. The first-order valence-corrected chi connectivity index (χ1v) is 7.40. The number of sulfone groups is 1. The quantitative estimate of drug-likeness (QED) is 0.753. The fourth-order valence-electron chi connectivity index (χ4n) is 2.28. The van der Waals surface area contributed by atoms with E-state index >= 15 is 0 Å². The van der Waals surface area contributed by atoms with Gasteiger partial charge in [-0.15, -0.1) is 0 Å². The maximum absolute atomic E-state index is 11.5. The minimum absolute atomic E-state index is 0.139. The van der Waals surface area contributed by atoms with E-state index in [1.54, 1.807) is 0 Å². The van der Waals surface area contributed by atoms with E-state index < -0.39 is 9.84 Å².